The van der Waals surface area contributed by atoms with Gasteiger partial charge in [0.15, 0.2) is 0 Å². The van der Waals surface area contributed by atoms with E-state index in [9.17, 15) is 5.11 Å². The van der Waals surface area contributed by atoms with Crippen LogP contribution >= 0.6 is 11.3 Å². The zero-order valence-corrected chi connectivity index (χ0v) is 14.7. The second kappa shape index (κ2) is 6.44. The first-order chi connectivity index (χ1) is 11.7. The van der Waals surface area contributed by atoms with Crippen molar-refractivity contribution in [2.75, 3.05) is 18.0 Å². The molecule has 1 aromatic heterocycles. The number of thiazole rings is 1. The van der Waals surface area contributed by atoms with Crippen LogP contribution in [0, 0.1) is 12.8 Å². The Kier molecular flexibility index (Phi) is 4.15. The van der Waals surface area contributed by atoms with E-state index in [1.165, 1.54) is 22.5 Å². The molecule has 0 amide bonds. The van der Waals surface area contributed by atoms with Gasteiger partial charge in [0, 0.05) is 13.1 Å². The van der Waals surface area contributed by atoms with Crippen molar-refractivity contribution < 1.29 is 5.11 Å². The third-order valence-electron chi connectivity index (χ3n) is 5.04. The minimum absolute atomic E-state index is 0.0886. The summed E-state index contributed by atoms with van der Waals surface area (Å²) < 4.78 is 0.984. The van der Waals surface area contributed by atoms with Crippen molar-refractivity contribution >= 4 is 27.2 Å². The SMILES string of the molecule is Cc1ccc(CC2CCN(c3ccc4scnc4c3[O])CC2)cc1. The fourth-order valence-corrected chi connectivity index (χ4v) is 4.26. The van der Waals surface area contributed by atoms with Crippen LogP contribution in [0.1, 0.15) is 24.0 Å². The minimum Gasteiger partial charge on any atom is -0.368 e. The molecule has 0 aliphatic carbocycles. The summed E-state index contributed by atoms with van der Waals surface area (Å²) in [4.78, 5) is 6.47. The third-order valence-corrected chi connectivity index (χ3v) is 5.83. The number of benzene rings is 2. The van der Waals surface area contributed by atoms with Gasteiger partial charge in [-0.3, -0.25) is 5.11 Å². The number of rotatable bonds is 3. The smallest absolute Gasteiger partial charge is 0.228 e. The van der Waals surface area contributed by atoms with Crippen LogP contribution in [-0.2, 0) is 11.5 Å². The Morgan fingerprint density at radius 2 is 1.88 bits per heavy atom. The maximum Gasteiger partial charge on any atom is 0.228 e. The zero-order chi connectivity index (χ0) is 16.5. The van der Waals surface area contributed by atoms with E-state index >= 15 is 0 Å². The molecular formula is C20H21N2OS. The highest BCUT2D eigenvalue weighted by molar-refractivity contribution is 7.16. The van der Waals surface area contributed by atoms with E-state index in [2.05, 4.69) is 41.1 Å². The van der Waals surface area contributed by atoms with Gasteiger partial charge in [0.05, 0.1) is 15.9 Å². The molecule has 1 radical (unpaired) electrons. The molecule has 24 heavy (non-hydrogen) atoms. The molecule has 2 heterocycles. The molecule has 3 nitrogen and oxygen atoms in total. The standard InChI is InChI=1S/C20H21N2OS/c1-14-2-4-15(5-3-14)12-16-8-10-22(11-9-16)17-6-7-18-19(20(17)23)21-13-24-18/h2-7,13,16H,8-12H2,1H3. The normalized spacial score (nSPS) is 16.0. The predicted octanol–water partition coefficient (Wildman–Crippen LogP) is 5.21. The number of nitrogens with zero attached hydrogens (tertiary/aromatic N) is 2. The van der Waals surface area contributed by atoms with E-state index in [-0.39, 0.29) is 5.75 Å². The van der Waals surface area contributed by atoms with Gasteiger partial charge in [0.1, 0.15) is 5.52 Å². The van der Waals surface area contributed by atoms with Crippen LogP contribution in [0.25, 0.3) is 10.2 Å². The number of hydrogen-bond donors (Lipinski definition) is 0. The quantitative estimate of drug-likeness (QED) is 0.658. The third kappa shape index (κ3) is 2.98. The Labute approximate surface area is 146 Å². The van der Waals surface area contributed by atoms with E-state index < -0.39 is 0 Å². The van der Waals surface area contributed by atoms with Crippen molar-refractivity contribution in [3.05, 3.63) is 53.0 Å². The van der Waals surface area contributed by atoms with Crippen LogP contribution in [0.3, 0.4) is 0 Å². The van der Waals surface area contributed by atoms with Gasteiger partial charge in [-0.1, -0.05) is 29.8 Å². The van der Waals surface area contributed by atoms with Crippen molar-refractivity contribution in [1.29, 1.82) is 0 Å². The lowest BCUT2D eigenvalue weighted by atomic mass is 9.89. The molecule has 2 aromatic carbocycles. The summed E-state index contributed by atoms with van der Waals surface area (Å²) in [5, 5.41) is 12.6. The summed E-state index contributed by atoms with van der Waals surface area (Å²) in [6.07, 6.45) is 3.42. The summed E-state index contributed by atoms with van der Waals surface area (Å²) >= 11 is 1.53. The van der Waals surface area contributed by atoms with Crippen molar-refractivity contribution in [2.24, 2.45) is 5.92 Å². The summed E-state index contributed by atoms with van der Waals surface area (Å²) in [5.74, 6) is 0.799. The van der Waals surface area contributed by atoms with Crippen LogP contribution in [0.2, 0.25) is 0 Å². The van der Waals surface area contributed by atoms with Crippen LogP contribution in [0.4, 0.5) is 5.69 Å². The Balaban J connectivity index is 1.43. The average Bonchev–Trinajstić information content (AvgIpc) is 3.08. The summed E-state index contributed by atoms with van der Waals surface area (Å²) in [6.45, 7) is 4.05. The Morgan fingerprint density at radius 3 is 2.62 bits per heavy atom. The molecule has 0 spiro atoms. The van der Waals surface area contributed by atoms with Gasteiger partial charge in [0.2, 0.25) is 5.75 Å². The molecule has 4 heteroatoms. The molecule has 1 saturated heterocycles. The molecule has 0 unspecified atom stereocenters. The number of aromatic nitrogens is 1. The number of piperidine rings is 1. The first-order valence-corrected chi connectivity index (χ1v) is 9.42. The van der Waals surface area contributed by atoms with Gasteiger partial charge in [-0.2, -0.15) is 0 Å². The molecule has 4 rings (SSSR count). The first kappa shape index (κ1) is 15.5. The number of fused-ring (bicyclic) bond motifs is 1. The molecule has 3 aromatic rings. The Bertz CT molecular complexity index is 832. The van der Waals surface area contributed by atoms with Crippen LogP contribution < -0.4 is 4.90 Å². The molecule has 0 atom stereocenters. The monoisotopic (exact) mass is 337 g/mol. The van der Waals surface area contributed by atoms with Crippen LogP contribution in [0.5, 0.6) is 5.75 Å². The lowest BCUT2D eigenvalue weighted by molar-refractivity contribution is 0.353. The van der Waals surface area contributed by atoms with E-state index in [0.29, 0.717) is 11.4 Å². The second-order valence-electron chi connectivity index (χ2n) is 6.73. The molecule has 0 bridgehead atoms. The zero-order valence-electron chi connectivity index (χ0n) is 13.9. The largest absolute Gasteiger partial charge is 0.368 e. The van der Waals surface area contributed by atoms with E-state index in [1.807, 2.05) is 12.1 Å². The predicted molar refractivity (Wildman–Crippen MR) is 99.6 cm³/mol. The van der Waals surface area contributed by atoms with Gasteiger partial charge >= 0.3 is 0 Å². The molecule has 0 N–H and O–H groups in total. The number of aryl methyl sites for hydroxylation is 1. The van der Waals surface area contributed by atoms with Crippen LogP contribution in [0.15, 0.2) is 41.9 Å². The molecular weight excluding hydrogens is 316 g/mol. The van der Waals surface area contributed by atoms with Crippen molar-refractivity contribution in [3.63, 3.8) is 0 Å². The number of hydrogen-bond acceptors (Lipinski definition) is 3. The van der Waals surface area contributed by atoms with E-state index in [4.69, 9.17) is 0 Å². The van der Waals surface area contributed by atoms with Crippen molar-refractivity contribution in [3.8, 4) is 5.75 Å². The molecule has 1 aliphatic heterocycles. The minimum atomic E-state index is 0.0886. The van der Waals surface area contributed by atoms with E-state index in [0.717, 1.165) is 42.7 Å². The number of anilines is 1. The molecule has 1 fully saturated rings. The van der Waals surface area contributed by atoms with Gasteiger partial charge < -0.3 is 4.90 Å². The lowest BCUT2D eigenvalue weighted by Crippen LogP contribution is -2.34. The first-order valence-electron chi connectivity index (χ1n) is 8.54. The summed E-state index contributed by atoms with van der Waals surface area (Å²) in [6, 6.07) is 12.9. The lowest BCUT2D eigenvalue weighted by Gasteiger charge is -2.33. The van der Waals surface area contributed by atoms with Crippen molar-refractivity contribution in [1.82, 2.24) is 4.98 Å². The molecule has 123 valence electrons. The second-order valence-corrected chi connectivity index (χ2v) is 7.62. The van der Waals surface area contributed by atoms with Crippen molar-refractivity contribution in [2.45, 2.75) is 26.2 Å². The molecule has 1 aliphatic rings. The van der Waals surface area contributed by atoms with E-state index in [1.54, 1.807) is 5.51 Å². The fraction of sp³-hybridized carbons (Fsp3) is 0.350. The van der Waals surface area contributed by atoms with Gasteiger partial charge in [0.25, 0.3) is 0 Å². The van der Waals surface area contributed by atoms with Gasteiger partial charge in [-0.25, -0.2) is 4.98 Å². The highest BCUT2D eigenvalue weighted by atomic mass is 32.1. The Hall–Kier alpha value is -2.07. The highest BCUT2D eigenvalue weighted by Gasteiger charge is 2.23. The summed E-state index contributed by atoms with van der Waals surface area (Å²) in [7, 11) is 0. The van der Waals surface area contributed by atoms with Gasteiger partial charge in [-0.05, 0) is 49.8 Å². The highest BCUT2D eigenvalue weighted by Crippen LogP contribution is 2.38. The molecule has 0 saturated carbocycles. The Morgan fingerprint density at radius 1 is 1.12 bits per heavy atom. The summed E-state index contributed by atoms with van der Waals surface area (Å²) in [5.41, 5.74) is 5.94. The maximum atomic E-state index is 12.6. The van der Waals surface area contributed by atoms with Crippen LogP contribution in [-0.4, -0.2) is 18.1 Å². The fourth-order valence-electron chi connectivity index (χ4n) is 3.58. The maximum absolute atomic E-state index is 12.6. The topological polar surface area (TPSA) is 36.0 Å². The average molecular weight is 337 g/mol. The van der Waals surface area contributed by atoms with Gasteiger partial charge in [-0.15, -0.1) is 11.3 Å².